The van der Waals surface area contributed by atoms with Gasteiger partial charge in [-0.15, -0.1) is 0 Å². The number of hydrogen-bond donors (Lipinski definition) is 4. The summed E-state index contributed by atoms with van der Waals surface area (Å²) in [7, 11) is 0. The number of carbonyl (C=O) groups is 1. The van der Waals surface area contributed by atoms with Crippen LogP contribution in [0.25, 0.3) is 0 Å². The van der Waals surface area contributed by atoms with Crippen LogP contribution in [0.1, 0.15) is 12.8 Å². The summed E-state index contributed by atoms with van der Waals surface area (Å²) in [6, 6.07) is 1.55. The van der Waals surface area contributed by atoms with Crippen molar-refractivity contribution in [2.24, 2.45) is 11.8 Å². The fourth-order valence-electron chi connectivity index (χ4n) is 1.55. The fraction of sp³-hybridized carbons (Fsp3) is 0.455. The van der Waals surface area contributed by atoms with E-state index >= 15 is 0 Å². The van der Waals surface area contributed by atoms with Gasteiger partial charge in [0.2, 0.25) is 5.91 Å². The lowest BCUT2D eigenvalue weighted by atomic mass is 10.4. The Bertz CT molecular complexity index is 478. The maximum absolute atomic E-state index is 11.4. The average Bonchev–Trinajstić information content (AvgIpc) is 3.20. The summed E-state index contributed by atoms with van der Waals surface area (Å²) in [5, 5.41) is 6.60. The summed E-state index contributed by atoms with van der Waals surface area (Å²) >= 11 is 11.9. The molecular weight excluding hydrogens is 289 g/mol. The molecule has 1 heterocycles. The van der Waals surface area contributed by atoms with Crippen molar-refractivity contribution < 1.29 is 4.79 Å². The number of nitrogens with zero attached hydrogens (tertiary/aromatic N) is 1. The van der Waals surface area contributed by atoms with E-state index in [-0.39, 0.29) is 11.8 Å². The Morgan fingerprint density at radius 2 is 2.00 bits per heavy atom. The van der Waals surface area contributed by atoms with Crippen LogP contribution in [0, 0.1) is 5.92 Å². The summed E-state index contributed by atoms with van der Waals surface area (Å²) in [6.45, 7) is 1.04. The third kappa shape index (κ3) is 3.86. The van der Waals surface area contributed by atoms with E-state index in [0.29, 0.717) is 34.8 Å². The number of hydrazine groups is 1. The maximum Gasteiger partial charge on any atom is 0.223 e. The minimum Gasteiger partial charge on any atom is -0.367 e. The average molecular weight is 304 g/mol. The Kier molecular flexibility index (Phi) is 4.68. The minimum absolute atomic E-state index is 0.112. The molecule has 0 aliphatic heterocycles. The van der Waals surface area contributed by atoms with Gasteiger partial charge < -0.3 is 16.1 Å². The molecule has 1 fully saturated rings. The second kappa shape index (κ2) is 6.27. The van der Waals surface area contributed by atoms with E-state index in [1.165, 1.54) is 0 Å². The number of pyridine rings is 1. The van der Waals surface area contributed by atoms with Crippen LogP contribution in [0.5, 0.6) is 0 Å². The second-order valence-electron chi connectivity index (χ2n) is 4.29. The van der Waals surface area contributed by atoms with Crippen LogP contribution < -0.4 is 21.9 Å². The number of halogens is 2. The molecule has 1 aromatic rings. The number of nitrogen functional groups attached to an aromatic ring is 1. The Hall–Kier alpha value is -1.24. The van der Waals surface area contributed by atoms with Gasteiger partial charge in [-0.2, -0.15) is 0 Å². The van der Waals surface area contributed by atoms with Gasteiger partial charge in [-0.05, 0) is 18.9 Å². The van der Waals surface area contributed by atoms with E-state index in [1.807, 2.05) is 0 Å². The van der Waals surface area contributed by atoms with E-state index in [2.05, 4.69) is 21.0 Å². The van der Waals surface area contributed by atoms with Crippen LogP contribution in [0.4, 0.5) is 11.6 Å². The molecular formula is C11H15Cl2N5O. The third-order valence-electron chi connectivity index (χ3n) is 2.73. The Labute approximate surface area is 121 Å². The summed E-state index contributed by atoms with van der Waals surface area (Å²) in [5.74, 6) is 6.42. The molecule has 0 spiro atoms. The van der Waals surface area contributed by atoms with E-state index in [0.717, 1.165) is 12.8 Å². The van der Waals surface area contributed by atoms with Gasteiger partial charge in [0, 0.05) is 19.0 Å². The van der Waals surface area contributed by atoms with Crippen molar-refractivity contribution in [1.29, 1.82) is 0 Å². The summed E-state index contributed by atoms with van der Waals surface area (Å²) in [6.07, 6.45) is 1.99. The lowest BCUT2D eigenvalue weighted by molar-refractivity contribution is -0.122. The number of carbonyl (C=O) groups excluding carboxylic acids is 1. The molecule has 0 bridgehead atoms. The molecule has 6 nitrogen and oxygen atoms in total. The highest BCUT2D eigenvalue weighted by Gasteiger charge is 2.28. The topological polar surface area (TPSA) is 92.1 Å². The maximum atomic E-state index is 11.4. The highest BCUT2D eigenvalue weighted by atomic mass is 35.5. The normalized spacial score (nSPS) is 14.1. The van der Waals surface area contributed by atoms with Crippen molar-refractivity contribution in [3.63, 3.8) is 0 Å². The van der Waals surface area contributed by atoms with E-state index in [9.17, 15) is 4.79 Å². The quantitative estimate of drug-likeness (QED) is 0.364. The number of anilines is 2. The van der Waals surface area contributed by atoms with Crippen molar-refractivity contribution in [2.45, 2.75) is 12.8 Å². The lowest BCUT2D eigenvalue weighted by Gasteiger charge is -2.11. The zero-order valence-electron chi connectivity index (χ0n) is 10.2. The van der Waals surface area contributed by atoms with Gasteiger partial charge in [0.15, 0.2) is 5.82 Å². The van der Waals surface area contributed by atoms with Crippen molar-refractivity contribution in [3.05, 3.63) is 16.1 Å². The minimum atomic E-state index is 0.112. The Balaban J connectivity index is 1.83. The van der Waals surface area contributed by atoms with Crippen LogP contribution >= 0.6 is 23.2 Å². The molecule has 2 rings (SSSR count). The first-order valence-corrected chi connectivity index (χ1v) is 6.71. The number of amides is 1. The standard InChI is InChI=1S/C11H15Cl2N5O/c12-7-5-8(13)10(18-14)17-9(7)15-3-4-16-11(19)6-1-2-6/h5-6H,1-4,14H2,(H,16,19)(H2,15,17,18). The number of hydrogen-bond acceptors (Lipinski definition) is 5. The highest BCUT2D eigenvalue weighted by Crippen LogP contribution is 2.29. The SMILES string of the molecule is NNc1nc(NCCNC(=O)C2CC2)c(Cl)cc1Cl. The molecule has 0 radical (unpaired) electrons. The van der Waals surface area contributed by atoms with Gasteiger partial charge in [-0.25, -0.2) is 10.8 Å². The van der Waals surface area contributed by atoms with Crippen LogP contribution in [0.2, 0.25) is 10.0 Å². The molecule has 0 atom stereocenters. The monoisotopic (exact) mass is 303 g/mol. The molecule has 1 saturated carbocycles. The van der Waals surface area contributed by atoms with Gasteiger partial charge in [0.05, 0.1) is 10.0 Å². The molecule has 0 unspecified atom stereocenters. The molecule has 1 aliphatic carbocycles. The zero-order valence-corrected chi connectivity index (χ0v) is 11.7. The molecule has 0 aromatic carbocycles. The molecule has 0 saturated heterocycles. The third-order valence-corrected chi connectivity index (χ3v) is 3.31. The van der Waals surface area contributed by atoms with E-state index in [1.54, 1.807) is 6.07 Å². The smallest absolute Gasteiger partial charge is 0.223 e. The Morgan fingerprint density at radius 3 is 2.63 bits per heavy atom. The summed E-state index contributed by atoms with van der Waals surface area (Å²) in [4.78, 5) is 15.5. The number of nitrogens with one attached hydrogen (secondary N) is 3. The van der Waals surface area contributed by atoms with Gasteiger partial charge in [-0.1, -0.05) is 23.2 Å². The van der Waals surface area contributed by atoms with Gasteiger partial charge in [-0.3, -0.25) is 4.79 Å². The zero-order chi connectivity index (χ0) is 13.8. The van der Waals surface area contributed by atoms with Crippen LogP contribution in [-0.2, 0) is 4.79 Å². The lowest BCUT2D eigenvalue weighted by Crippen LogP contribution is -2.30. The molecule has 1 aromatic heterocycles. The van der Waals surface area contributed by atoms with Crippen molar-refractivity contribution in [3.8, 4) is 0 Å². The Morgan fingerprint density at radius 1 is 1.32 bits per heavy atom. The van der Waals surface area contributed by atoms with Crippen LogP contribution in [-0.4, -0.2) is 24.0 Å². The molecule has 1 amide bonds. The van der Waals surface area contributed by atoms with Gasteiger partial charge in [0.1, 0.15) is 5.82 Å². The largest absolute Gasteiger partial charge is 0.367 e. The van der Waals surface area contributed by atoms with Crippen molar-refractivity contribution >= 4 is 40.7 Å². The fourth-order valence-corrected chi connectivity index (χ4v) is 2.03. The second-order valence-corrected chi connectivity index (χ2v) is 5.10. The first kappa shape index (κ1) is 14.2. The number of rotatable bonds is 6. The molecule has 8 heteroatoms. The highest BCUT2D eigenvalue weighted by molar-refractivity contribution is 6.37. The van der Waals surface area contributed by atoms with Gasteiger partial charge in [0.25, 0.3) is 0 Å². The van der Waals surface area contributed by atoms with E-state index in [4.69, 9.17) is 29.0 Å². The van der Waals surface area contributed by atoms with Crippen molar-refractivity contribution in [1.82, 2.24) is 10.3 Å². The summed E-state index contributed by atoms with van der Waals surface area (Å²) in [5.41, 5.74) is 2.38. The van der Waals surface area contributed by atoms with Gasteiger partial charge >= 0.3 is 0 Å². The van der Waals surface area contributed by atoms with Crippen LogP contribution in [0.3, 0.4) is 0 Å². The van der Waals surface area contributed by atoms with E-state index < -0.39 is 0 Å². The molecule has 104 valence electrons. The molecule has 19 heavy (non-hydrogen) atoms. The number of aromatic nitrogens is 1. The predicted octanol–water partition coefficient (Wildman–Crippen LogP) is 1.61. The first-order valence-electron chi connectivity index (χ1n) is 5.96. The molecule has 1 aliphatic rings. The van der Waals surface area contributed by atoms with Crippen molar-refractivity contribution in [2.75, 3.05) is 23.8 Å². The predicted molar refractivity (Wildman–Crippen MR) is 76.3 cm³/mol. The summed E-state index contributed by atoms with van der Waals surface area (Å²) < 4.78 is 0. The first-order chi connectivity index (χ1) is 9.11. The number of nitrogens with two attached hydrogens (primary N) is 1. The molecule has 5 N–H and O–H groups in total. The van der Waals surface area contributed by atoms with Crippen LogP contribution in [0.15, 0.2) is 6.07 Å².